The molecule has 0 atom stereocenters. The molecule has 0 saturated carbocycles. The smallest absolute Gasteiger partial charge is 0.336 e. The average molecular weight is 203 g/mol. The molecule has 0 fully saturated rings. The van der Waals surface area contributed by atoms with E-state index in [2.05, 4.69) is 0 Å². The molecule has 4 nitrogen and oxygen atoms in total. The molecule has 0 aliphatic carbocycles. The van der Waals surface area contributed by atoms with Crippen LogP contribution in [0.4, 0.5) is 0 Å². The molecule has 0 aliphatic heterocycles. The van der Waals surface area contributed by atoms with E-state index in [4.69, 9.17) is 10.4 Å². The first-order valence-corrected chi connectivity index (χ1v) is 4.39. The zero-order valence-corrected chi connectivity index (χ0v) is 8.15. The van der Waals surface area contributed by atoms with Crippen LogP contribution in [0, 0.1) is 11.3 Å². The van der Waals surface area contributed by atoms with Crippen LogP contribution in [-0.2, 0) is 6.42 Å². The van der Waals surface area contributed by atoms with Gasteiger partial charge in [0, 0.05) is 5.56 Å². The van der Waals surface area contributed by atoms with Crippen molar-refractivity contribution in [1.82, 2.24) is 0 Å². The van der Waals surface area contributed by atoms with Crippen molar-refractivity contribution < 1.29 is 14.7 Å². The lowest BCUT2D eigenvalue weighted by molar-refractivity contribution is 0.0693. The Bertz CT molecular complexity index is 458. The maximum absolute atomic E-state index is 10.9. The summed E-state index contributed by atoms with van der Waals surface area (Å²) < 4.78 is 0. The second-order valence-electron chi connectivity index (χ2n) is 2.99. The maximum atomic E-state index is 10.9. The van der Waals surface area contributed by atoms with Crippen LogP contribution >= 0.6 is 0 Å². The van der Waals surface area contributed by atoms with Crippen LogP contribution in [0.25, 0.3) is 0 Å². The quantitative estimate of drug-likeness (QED) is 0.757. The standard InChI is InChI=1S/C11H9NO3/c1-2-8-3-7(5-12)4-9(6-13)10(8)11(14)15/h3-4,6H,2H2,1H3,(H,14,15). The Hall–Kier alpha value is -2.15. The summed E-state index contributed by atoms with van der Waals surface area (Å²) in [6.45, 7) is 1.78. The van der Waals surface area contributed by atoms with E-state index >= 15 is 0 Å². The molecular weight excluding hydrogens is 194 g/mol. The van der Waals surface area contributed by atoms with Crippen molar-refractivity contribution >= 4 is 12.3 Å². The molecule has 1 aromatic rings. The fourth-order valence-corrected chi connectivity index (χ4v) is 1.42. The molecule has 0 saturated heterocycles. The van der Waals surface area contributed by atoms with E-state index in [1.165, 1.54) is 12.1 Å². The zero-order chi connectivity index (χ0) is 11.4. The second-order valence-corrected chi connectivity index (χ2v) is 2.99. The summed E-state index contributed by atoms with van der Waals surface area (Å²) in [5, 5.41) is 17.6. The zero-order valence-electron chi connectivity index (χ0n) is 8.15. The number of hydrogen-bond donors (Lipinski definition) is 1. The summed E-state index contributed by atoms with van der Waals surface area (Å²) in [5.41, 5.74) is 0.854. The van der Waals surface area contributed by atoms with Gasteiger partial charge in [-0.2, -0.15) is 5.26 Å². The molecule has 0 unspecified atom stereocenters. The number of carbonyl (C=O) groups is 2. The van der Waals surface area contributed by atoms with Crippen molar-refractivity contribution in [1.29, 1.82) is 5.26 Å². The number of aromatic carboxylic acids is 1. The van der Waals surface area contributed by atoms with Crippen molar-refractivity contribution in [2.24, 2.45) is 0 Å². The summed E-state index contributed by atoms with van der Waals surface area (Å²) in [5.74, 6) is -1.14. The van der Waals surface area contributed by atoms with Gasteiger partial charge in [0.1, 0.15) is 0 Å². The van der Waals surface area contributed by atoms with E-state index < -0.39 is 5.97 Å². The van der Waals surface area contributed by atoms with Gasteiger partial charge >= 0.3 is 5.97 Å². The molecule has 0 spiro atoms. The Morgan fingerprint density at radius 3 is 2.67 bits per heavy atom. The molecule has 1 N–H and O–H groups in total. The number of nitriles is 1. The molecule has 15 heavy (non-hydrogen) atoms. The minimum absolute atomic E-state index is 0.00787. The van der Waals surface area contributed by atoms with Gasteiger partial charge in [-0.3, -0.25) is 4.79 Å². The van der Waals surface area contributed by atoms with Crippen molar-refractivity contribution in [3.63, 3.8) is 0 Å². The summed E-state index contributed by atoms with van der Waals surface area (Å²) in [6.07, 6.45) is 0.932. The van der Waals surface area contributed by atoms with Gasteiger partial charge in [0.15, 0.2) is 6.29 Å². The van der Waals surface area contributed by atoms with Crippen LogP contribution in [0.15, 0.2) is 12.1 Å². The highest BCUT2D eigenvalue weighted by molar-refractivity contribution is 5.98. The predicted octanol–water partition coefficient (Wildman–Crippen LogP) is 1.63. The maximum Gasteiger partial charge on any atom is 0.336 e. The number of carboxylic acids is 1. The number of benzene rings is 1. The Morgan fingerprint density at radius 1 is 1.60 bits per heavy atom. The number of aryl methyl sites for hydroxylation is 1. The number of carbonyl (C=O) groups excluding carboxylic acids is 1. The minimum Gasteiger partial charge on any atom is -0.478 e. The Morgan fingerprint density at radius 2 is 2.27 bits per heavy atom. The monoisotopic (exact) mass is 203 g/mol. The molecule has 0 radical (unpaired) electrons. The van der Waals surface area contributed by atoms with Crippen molar-refractivity contribution in [3.05, 3.63) is 34.4 Å². The molecule has 0 bridgehead atoms. The van der Waals surface area contributed by atoms with E-state index in [9.17, 15) is 9.59 Å². The molecule has 0 aliphatic rings. The van der Waals surface area contributed by atoms with Crippen LogP contribution in [0.5, 0.6) is 0 Å². The van der Waals surface area contributed by atoms with E-state index in [0.717, 1.165) is 0 Å². The third kappa shape index (κ3) is 2.02. The first-order valence-electron chi connectivity index (χ1n) is 4.39. The summed E-state index contributed by atoms with van der Waals surface area (Å²) >= 11 is 0. The highest BCUT2D eigenvalue weighted by Gasteiger charge is 2.15. The minimum atomic E-state index is -1.14. The van der Waals surface area contributed by atoms with Gasteiger partial charge in [-0.25, -0.2) is 4.79 Å². The lowest BCUT2D eigenvalue weighted by Crippen LogP contribution is -2.07. The van der Waals surface area contributed by atoms with E-state index in [0.29, 0.717) is 23.8 Å². The number of carboxylic acid groups (broad SMARTS) is 1. The predicted molar refractivity (Wildman–Crippen MR) is 52.9 cm³/mol. The van der Waals surface area contributed by atoms with Crippen molar-refractivity contribution in [2.45, 2.75) is 13.3 Å². The fourth-order valence-electron chi connectivity index (χ4n) is 1.42. The molecule has 0 amide bonds. The molecule has 0 heterocycles. The van der Waals surface area contributed by atoms with Crippen LogP contribution in [0.1, 0.15) is 38.8 Å². The second kappa shape index (κ2) is 4.38. The van der Waals surface area contributed by atoms with Crippen LogP contribution < -0.4 is 0 Å². The van der Waals surface area contributed by atoms with E-state index in [1.54, 1.807) is 6.92 Å². The summed E-state index contributed by atoms with van der Waals surface area (Å²) in [4.78, 5) is 21.6. The number of aldehydes is 1. The summed E-state index contributed by atoms with van der Waals surface area (Å²) in [7, 11) is 0. The molecule has 1 aromatic carbocycles. The van der Waals surface area contributed by atoms with Crippen molar-refractivity contribution in [3.8, 4) is 6.07 Å². The topological polar surface area (TPSA) is 78.2 Å². The van der Waals surface area contributed by atoms with Gasteiger partial charge in [-0.1, -0.05) is 6.92 Å². The number of hydrogen-bond acceptors (Lipinski definition) is 3. The first kappa shape index (κ1) is 10.9. The van der Waals surface area contributed by atoms with Gasteiger partial charge in [0.2, 0.25) is 0 Å². The van der Waals surface area contributed by atoms with Gasteiger partial charge in [0.05, 0.1) is 17.2 Å². The first-order chi connectivity index (χ1) is 7.13. The lowest BCUT2D eigenvalue weighted by atomic mass is 9.97. The van der Waals surface area contributed by atoms with Gasteiger partial charge in [-0.05, 0) is 24.1 Å². The van der Waals surface area contributed by atoms with Crippen LogP contribution in [0.2, 0.25) is 0 Å². The Kier molecular flexibility index (Phi) is 3.19. The van der Waals surface area contributed by atoms with E-state index in [-0.39, 0.29) is 11.1 Å². The normalized spacial score (nSPS) is 9.33. The molecule has 4 heteroatoms. The summed E-state index contributed by atoms with van der Waals surface area (Å²) in [6, 6.07) is 4.67. The van der Waals surface area contributed by atoms with Crippen LogP contribution in [-0.4, -0.2) is 17.4 Å². The fraction of sp³-hybridized carbons (Fsp3) is 0.182. The lowest BCUT2D eigenvalue weighted by Gasteiger charge is -2.06. The highest BCUT2D eigenvalue weighted by Crippen LogP contribution is 2.17. The SMILES string of the molecule is CCc1cc(C#N)cc(C=O)c1C(=O)O. The third-order valence-corrected chi connectivity index (χ3v) is 2.10. The Balaban J connectivity index is 3.54. The van der Waals surface area contributed by atoms with Gasteiger partial charge in [0.25, 0.3) is 0 Å². The molecule has 76 valence electrons. The van der Waals surface area contributed by atoms with Crippen molar-refractivity contribution in [2.75, 3.05) is 0 Å². The van der Waals surface area contributed by atoms with Crippen LogP contribution in [0.3, 0.4) is 0 Å². The Labute approximate surface area is 86.8 Å². The molecule has 1 rings (SSSR count). The average Bonchev–Trinajstić information content (AvgIpc) is 2.26. The number of rotatable bonds is 3. The molecule has 0 aromatic heterocycles. The van der Waals surface area contributed by atoms with Gasteiger partial charge < -0.3 is 5.11 Å². The van der Waals surface area contributed by atoms with E-state index in [1.807, 2.05) is 6.07 Å². The largest absolute Gasteiger partial charge is 0.478 e. The molecular formula is C11H9NO3. The number of nitrogens with zero attached hydrogens (tertiary/aromatic N) is 1. The van der Waals surface area contributed by atoms with Gasteiger partial charge in [-0.15, -0.1) is 0 Å². The third-order valence-electron chi connectivity index (χ3n) is 2.10. The highest BCUT2D eigenvalue weighted by atomic mass is 16.4.